The fourth-order valence-electron chi connectivity index (χ4n) is 2.17. The minimum absolute atomic E-state index is 0.177. The molecule has 108 valence electrons. The van der Waals surface area contributed by atoms with E-state index >= 15 is 0 Å². The van der Waals surface area contributed by atoms with Crippen LogP contribution in [0.5, 0.6) is 11.5 Å². The van der Waals surface area contributed by atoms with Crippen LogP contribution in [0.1, 0.15) is 19.3 Å². The minimum Gasteiger partial charge on any atom is -0.455 e. The molecule has 0 aliphatic heterocycles. The highest BCUT2D eigenvalue weighted by Crippen LogP contribution is 2.29. The summed E-state index contributed by atoms with van der Waals surface area (Å²) < 4.78 is 5.81. The molecule has 21 heavy (non-hydrogen) atoms. The van der Waals surface area contributed by atoms with Gasteiger partial charge in [-0.2, -0.15) is 0 Å². The van der Waals surface area contributed by atoms with Crippen molar-refractivity contribution in [3.8, 4) is 11.5 Å². The van der Waals surface area contributed by atoms with Gasteiger partial charge < -0.3 is 15.4 Å². The quantitative estimate of drug-likeness (QED) is 0.885. The Morgan fingerprint density at radius 1 is 1.00 bits per heavy atom. The summed E-state index contributed by atoms with van der Waals surface area (Å²) in [6.45, 7) is 0. The second kappa shape index (κ2) is 6.31. The van der Waals surface area contributed by atoms with Crippen LogP contribution >= 0.6 is 0 Å². The summed E-state index contributed by atoms with van der Waals surface area (Å²) in [5, 5.41) is 5.81. The first-order valence-electron chi connectivity index (χ1n) is 7.21. The minimum atomic E-state index is -0.177. The number of rotatable bonds is 4. The van der Waals surface area contributed by atoms with Crippen LogP contribution in [0.2, 0.25) is 0 Å². The van der Waals surface area contributed by atoms with Crippen molar-refractivity contribution < 1.29 is 9.53 Å². The third kappa shape index (κ3) is 3.54. The number of benzene rings is 2. The fourth-order valence-corrected chi connectivity index (χ4v) is 2.17. The number of para-hydroxylation sites is 3. The molecule has 0 unspecified atom stereocenters. The predicted molar refractivity (Wildman–Crippen MR) is 82.8 cm³/mol. The Morgan fingerprint density at radius 2 is 1.71 bits per heavy atom. The first-order chi connectivity index (χ1) is 10.3. The van der Waals surface area contributed by atoms with Crippen LogP contribution < -0.4 is 15.4 Å². The highest BCUT2D eigenvalue weighted by Gasteiger charge is 2.19. The Morgan fingerprint density at radius 3 is 2.43 bits per heavy atom. The van der Waals surface area contributed by atoms with Crippen molar-refractivity contribution in [1.29, 1.82) is 0 Å². The van der Waals surface area contributed by atoms with Gasteiger partial charge in [-0.15, -0.1) is 0 Å². The highest BCUT2D eigenvalue weighted by atomic mass is 16.5. The average Bonchev–Trinajstić information content (AvgIpc) is 2.46. The lowest BCUT2D eigenvalue weighted by Gasteiger charge is -2.26. The number of hydrogen-bond acceptors (Lipinski definition) is 2. The smallest absolute Gasteiger partial charge is 0.319 e. The molecule has 4 heteroatoms. The lowest BCUT2D eigenvalue weighted by atomic mass is 9.93. The number of ether oxygens (including phenoxy) is 1. The van der Waals surface area contributed by atoms with E-state index in [0.717, 1.165) is 18.6 Å². The summed E-state index contributed by atoms with van der Waals surface area (Å²) in [4.78, 5) is 11.9. The zero-order valence-corrected chi connectivity index (χ0v) is 11.7. The second-order valence-corrected chi connectivity index (χ2v) is 5.14. The predicted octanol–water partition coefficient (Wildman–Crippen LogP) is 4.15. The van der Waals surface area contributed by atoms with Gasteiger partial charge >= 0.3 is 6.03 Å². The SMILES string of the molecule is O=C(Nc1ccccc1Oc1ccccc1)NC1CCC1. The van der Waals surface area contributed by atoms with Gasteiger partial charge in [0.25, 0.3) is 0 Å². The third-order valence-corrected chi connectivity index (χ3v) is 3.55. The Hall–Kier alpha value is -2.49. The molecule has 0 radical (unpaired) electrons. The summed E-state index contributed by atoms with van der Waals surface area (Å²) in [6.07, 6.45) is 3.32. The van der Waals surface area contributed by atoms with E-state index in [1.165, 1.54) is 6.42 Å². The zero-order valence-electron chi connectivity index (χ0n) is 11.7. The molecule has 1 fully saturated rings. The lowest BCUT2D eigenvalue weighted by Crippen LogP contribution is -2.41. The molecule has 0 heterocycles. The maximum Gasteiger partial charge on any atom is 0.319 e. The molecule has 0 aromatic heterocycles. The molecule has 4 nitrogen and oxygen atoms in total. The molecule has 1 aliphatic rings. The Kier molecular flexibility index (Phi) is 4.05. The summed E-state index contributed by atoms with van der Waals surface area (Å²) >= 11 is 0. The largest absolute Gasteiger partial charge is 0.455 e. The van der Waals surface area contributed by atoms with Crippen molar-refractivity contribution in [1.82, 2.24) is 5.32 Å². The van der Waals surface area contributed by atoms with Gasteiger partial charge in [-0.25, -0.2) is 4.79 Å². The molecule has 1 saturated carbocycles. The van der Waals surface area contributed by atoms with E-state index in [-0.39, 0.29) is 6.03 Å². The summed E-state index contributed by atoms with van der Waals surface area (Å²) in [5.41, 5.74) is 0.665. The summed E-state index contributed by atoms with van der Waals surface area (Å²) in [6, 6.07) is 17.1. The number of anilines is 1. The molecule has 0 atom stereocenters. The van der Waals surface area contributed by atoms with Crippen LogP contribution in [0.3, 0.4) is 0 Å². The Bertz CT molecular complexity index is 609. The van der Waals surface area contributed by atoms with E-state index in [2.05, 4.69) is 10.6 Å². The van der Waals surface area contributed by atoms with E-state index < -0.39 is 0 Å². The summed E-state index contributed by atoms with van der Waals surface area (Å²) in [5.74, 6) is 1.37. The number of carbonyl (C=O) groups is 1. The van der Waals surface area contributed by atoms with Gasteiger partial charge in [-0.05, 0) is 43.5 Å². The van der Waals surface area contributed by atoms with Crippen LogP contribution in [0, 0.1) is 0 Å². The average molecular weight is 282 g/mol. The van der Waals surface area contributed by atoms with Crippen molar-refractivity contribution in [3.63, 3.8) is 0 Å². The second-order valence-electron chi connectivity index (χ2n) is 5.14. The van der Waals surface area contributed by atoms with Gasteiger partial charge in [-0.1, -0.05) is 30.3 Å². The number of amides is 2. The molecular formula is C17H18N2O2. The van der Waals surface area contributed by atoms with Crippen molar-refractivity contribution in [2.45, 2.75) is 25.3 Å². The van der Waals surface area contributed by atoms with Crippen LogP contribution in [-0.4, -0.2) is 12.1 Å². The molecule has 2 aromatic carbocycles. The molecule has 2 aromatic rings. The van der Waals surface area contributed by atoms with Gasteiger partial charge in [0, 0.05) is 6.04 Å². The normalized spacial score (nSPS) is 14.1. The first-order valence-corrected chi connectivity index (χ1v) is 7.21. The van der Waals surface area contributed by atoms with Gasteiger partial charge in [0.05, 0.1) is 5.69 Å². The van der Waals surface area contributed by atoms with E-state index in [0.29, 0.717) is 17.5 Å². The van der Waals surface area contributed by atoms with Crippen molar-refractivity contribution >= 4 is 11.7 Å². The Labute approximate surface area is 124 Å². The topological polar surface area (TPSA) is 50.4 Å². The van der Waals surface area contributed by atoms with Gasteiger partial charge in [0.1, 0.15) is 5.75 Å². The fraction of sp³-hybridized carbons (Fsp3) is 0.235. The molecule has 2 amide bonds. The molecule has 2 N–H and O–H groups in total. The van der Waals surface area contributed by atoms with Gasteiger partial charge in [0.2, 0.25) is 0 Å². The van der Waals surface area contributed by atoms with Crippen LogP contribution in [-0.2, 0) is 0 Å². The zero-order chi connectivity index (χ0) is 14.5. The number of nitrogens with one attached hydrogen (secondary N) is 2. The number of urea groups is 1. The summed E-state index contributed by atoms with van der Waals surface area (Å²) in [7, 11) is 0. The van der Waals surface area contributed by atoms with Crippen molar-refractivity contribution in [2.24, 2.45) is 0 Å². The Balaban J connectivity index is 1.68. The first kappa shape index (κ1) is 13.5. The molecule has 0 spiro atoms. The molecule has 0 saturated heterocycles. The lowest BCUT2D eigenvalue weighted by molar-refractivity contribution is 0.240. The molecule has 3 rings (SSSR count). The third-order valence-electron chi connectivity index (χ3n) is 3.55. The maximum absolute atomic E-state index is 11.9. The van der Waals surface area contributed by atoms with Crippen molar-refractivity contribution in [3.05, 3.63) is 54.6 Å². The molecular weight excluding hydrogens is 264 g/mol. The number of hydrogen-bond donors (Lipinski definition) is 2. The van der Waals surface area contributed by atoms with E-state index in [1.807, 2.05) is 54.6 Å². The van der Waals surface area contributed by atoms with Gasteiger partial charge in [-0.3, -0.25) is 0 Å². The van der Waals surface area contributed by atoms with Crippen LogP contribution in [0.15, 0.2) is 54.6 Å². The van der Waals surface area contributed by atoms with Crippen molar-refractivity contribution in [2.75, 3.05) is 5.32 Å². The van der Waals surface area contributed by atoms with Gasteiger partial charge in [0.15, 0.2) is 5.75 Å². The number of carbonyl (C=O) groups excluding carboxylic acids is 1. The van der Waals surface area contributed by atoms with E-state index in [4.69, 9.17) is 4.74 Å². The van der Waals surface area contributed by atoms with Crippen LogP contribution in [0.25, 0.3) is 0 Å². The molecule has 1 aliphatic carbocycles. The standard InChI is InChI=1S/C17H18N2O2/c20-17(18-13-7-6-8-13)19-15-11-4-5-12-16(15)21-14-9-2-1-3-10-14/h1-5,9-13H,6-8H2,(H2,18,19,20). The van der Waals surface area contributed by atoms with Crippen LogP contribution in [0.4, 0.5) is 10.5 Å². The van der Waals surface area contributed by atoms with E-state index in [9.17, 15) is 4.79 Å². The highest BCUT2D eigenvalue weighted by molar-refractivity contribution is 5.91. The maximum atomic E-state index is 11.9. The monoisotopic (exact) mass is 282 g/mol. The van der Waals surface area contributed by atoms with E-state index in [1.54, 1.807) is 0 Å². The molecule has 0 bridgehead atoms.